The number of nitrogen functional groups attached to an aromatic ring is 1. The van der Waals surface area contributed by atoms with Crippen molar-refractivity contribution >= 4 is 23.3 Å². The predicted molar refractivity (Wildman–Crippen MR) is 139 cm³/mol. The van der Waals surface area contributed by atoms with Crippen molar-refractivity contribution in [2.75, 3.05) is 12.3 Å². The maximum absolute atomic E-state index is 12.8. The number of aromatic nitrogens is 2. The molecular weight excluding hydrogens is 450 g/mol. The molecule has 0 saturated heterocycles. The zero-order valence-electron chi connectivity index (χ0n) is 19.6. The summed E-state index contributed by atoms with van der Waals surface area (Å²) in [6.45, 7) is 1.07. The van der Waals surface area contributed by atoms with Crippen LogP contribution in [-0.2, 0) is 19.4 Å². The second kappa shape index (κ2) is 9.26. The molecular formula is C29H25N5O2. The maximum Gasteiger partial charge on any atom is 0.251 e. The number of nitrogens with zero attached hydrogens (tertiary/aromatic N) is 3. The van der Waals surface area contributed by atoms with Gasteiger partial charge in [0.1, 0.15) is 5.75 Å². The largest absolute Gasteiger partial charge is 0.493 e. The Morgan fingerprint density at radius 2 is 1.92 bits per heavy atom. The molecule has 7 heteroatoms. The number of rotatable bonds is 5. The summed E-state index contributed by atoms with van der Waals surface area (Å²) in [6.07, 6.45) is 3.24. The van der Waals surface area contributed by atoms with E-state index in [9.17, 15) is 4.79 Å². The van der Waals surface area contributed by atoms with Crippen LogP contribution in [0, 0.1) is 5.92 Å². The van der Waals surface area contributed by atoms with E-state index in [0.29, 0.717) is 18.7 Å². The van der Waals surface area contributed by atoms with Crippen molar-refractivity contribution in [3.05, 3.63) is 101 Å². The average Bonchev–Trinajstić information content (AvgIpc) is 3.35. The first kappa shape index (κ1) is 22.0. The molecule has 1 amide bonds. The van der Waals surface area contributed by atoms with E-state index in [1.807, 2.05) is 60.7 Å². The van der Waals surface area contributed by atoms with Crippen LogP contribution in [0.4, 0.5) is 11.6 Å². The number of hydrogen-bond donors (Lipinski definition) is 2. The lowest BCUT2D eigenvalue weighted by Gasteiger charge is -2.26. The van der Waals surface area contributed by atoms with Gasteiger partial charge in [-0.25, -0.2) is 9.97 Å². The fourth-order valence-electron chi connectivity index (χ4n) is 4.77. The van der Waals surface area contributed by atoms with Crippen LogP contribution < -0.4 is 15.8 Å². The molecule has 3 N–H and O–H groups in total. The maximum atomic E-state index is 12.8. The van der Waals surface area contributed by atoms with Crippen molar-refractivity contribution in [1.82, 2.24) is 15.3 Å². The van der Waals surface area contributed by atoms with Gasteiger partial charge in [0.15, 0.2) is 0 Å². The summed E-state index contributed by atoms with van der Waals surface area (Å²) in [5, 5.41) is 3.00. The van der Waals surface area contributed by atoms with E-state index in [2.05, 4.69) is 27.4 Å². The monoisotopic (exact) mass is 475 g/mol. The average molecular weight is 476 g/mol. The van der Waals surface area contributed by atoms with Crippen molar-refractivity contribution in [2.45, 2.75) is 19.4 Å². The highest BCUT2D eigenvalue weighted by Crippen LogP contribution is 2.36. The van der Waals surface area contributed by atoms with Gasteiger partial charge in [-0.1, -0.05) is 42.5 Å². The molecule has 0 spiro atoms. The minimum atomic E-state index is -0.0905. The number of fused-ring (bicyclic) bond motifs is 2. The number of amides is 1. The van der Waals surface area contributed by atoms with Crippen LogP contribution >= 0.6 is 0 Å². The number of aliphatic imine (C=N–C) groups is 1. The molecule has 0 fully saturated rings. The molecule has 0 saturated carbocycles. The summed E-state index contributed by atoms with van der Waals surface area (Å²) in [4.78, 5) is 26.0. The van der Waals surface area contributed by atoms with Gasteiger partial charge in [0.05, 0.1) is 18.0 Å². The fourth-order valence-corrected chi connectivity index (χ4v) is 4.77. The van der Waals surface area contributed by atoms with Crippen LogP contribution in [0.3, 0.4) is 0 Å². The van der Waals surface area contributed by atoms with E-state index in [4.69, 9.17) is 15.5 Å². The Labute approximate surface area is 209 Å². The Kier molecular flexibility index (Phi) is 5.65. The minimum absolute atomic E-state index is 0.0905. The highest BCUT2D eigenvalue weighted by molar-refractivity contribution is 5.97. The smallest absolute Gasteiger partial charge is 0.251 e. The van der Waals surface area contributed by atoms with Gasteiger partial charge in [0, 0.05) is 41.9 Å². The molecule has 178 valence electrons. The summed E-state index contributed by atoms with van der Waals surface area (Å²) in [5.41, 5.74) is 13.5. The highest BCUT2D eigenvalue weighted by atomic mass is 16.5. The molecule has 36 heavy (non-hydrogen) atoms. The van der Waals surface area contributed by atoms with Crippen molar-refractivity contribution in [3.8, 4) is 17.0 Å². The third-order valence-electron chi connectivity index (χ3n) is 6.69. The van der Waals surface area contributed by atoms with Crippen molar-refractivity contribution < 1.29 is 9.53 Å². The first-order chi connectivity index (χ1) is 17.6. The SMILES string of the molecule is Nc1nccc(-c2ccc3c(c2)N=C(C2COc4ccc(C(=O)NCc5ccccc5)cc4C2)C3)n1. The molecule has 4 aromatic rings. The third kappa shape index (κ3) is 4.43. The number of anilines is 1. The number of nitrogens with one attached hydrogen (secondary N) is 1. The normalized spacial score (nSPS) is 15.9. The van der Waals surface area contributed by atoms with E-state index < -0.39 is 0 Å². The molecule has 3 aromatic carbocycles. The lowest BCUT2D eigenvalue weighted by Crippen LogP contribution is -2.29. The predicted octanol–water partition coefficient (Wildman–Crippen LogP) is 4.54. The Bertz CT molecular complexity index is 1480. The van der Waals surface area contributed by atoms with Crippen LogP contribution in [-0.4, -0.2) is 28.2 Å². The van der Waals surface area contributed by atoms with Crippen LogP contribution in [0.25, 0.3) is 11.3 Å². The number of nitrogens with two attached hydrogens (primary N) is 1. The quantitative estimate of drug-likeness (QED) is 0.441. The van der Waals surface area contributed by atoms with Crippen molar-refractivity contribution in [1.29, 1.82) is 0 Å². The van der Waals surface area contributed by atoms with Crippen LogP contribution in [0.5, 0.6) is 5.75 Å². The Balaban J connectivity index is 1.17. The second-order valence-electron chi connectivity index (χ2n) is 9.13. The zero-order chi connectivity index (χ0) is 24.5. The first-order valence-corrected chi connectivity index (χ1v) is 12.0. The first-order valence-electron chi connectivity index (χ1n) is 12.0. The molecule has 0 radical (unpaired) electrons. The van der Waals surface area contributed by atoms with E-state index in [0.717, 1.165) is 52.4 Å². The number of hydrogen-bond acceptors (Lipinski definition) is 6. The standard InChI is InChI=1S/C29H25N5O2/c30-29-31-11-10-24(34-29)19-6-7-20-15-26(33-25(20)14-19)23-13-22-12-21(8-9-27(22)36-17-23)28(35)32-16-18-4-2-1-3-5-18/h1-12,14,23H,13,15-17H2,(H,32,35)(H2,30,31,34). The van der Waals surface area contributed by atoms with E-state index >= 15 is 0 Å². The molecule has 7 nitrogen and oxygen atoms in total. The van der Waals surface area contributed by atoms with Crippen LogP contribution in [0.1, 0.15) is 27.0 Å². The van der Waals surface area contributed by atoms with Gasteiger partial charge in [-0.2, -0.15) is 0 Å². The molecule has 2 aliphatic heterocycles. The Morgan fingerprint density at radius 3 is 2.78 bits per heavy atom. The molecule has 0 bridgehead atoms. The fraction of sp³-hybridized carbons (Fsp3) is 0.172. The Morgan fingerprint density at radius 1 is 1.03 bits per heavy atom. The van der Waals surface area contributed by atoms with Gasteiger partial charge in [0.2, 0.25) is 5.95 Å². The van der Waals surface area contributed by atoms with Crippen molar-refractivity contribution in [3.63, 3.8) is 0 Å². The minimum Gasteiger partial charge on any atom is -0.493 e. The van der Waals surface area contributed by atoms with Gasteiger partial charge < -0.3 is 15.8 Å². The molecule has 2 aliphatic rings. The third-order valence-corrected chi connectivity index (χ3v) is 6.69. The highest BCUT2D eigenvalue weighted by Gasteiger charge is 2.28. The summed E-state index contributed by atoms with van der Waals surface area (Å²) in [5.74, 6) is 1.16. The number of carbonyl (C=O) groups excluding carboxylic acids is 1. The molecule has 1 atom stereocenters. The lowest BCUT2D eigenvalue weighted by molar-refractivity contribution is 0.0950. The van der Waals surface area contributed by atoms with E-state index in [-0.39, 0.29) is 17.8 Å². The number of carbonyl (C=O) groups is 1. The second-order valence-corrected chi connectivity index (χ2v) is 9.13. The van der Waals surface area contributed by atoms with Gasteiger partial charge in [-0.05, 0) is 53.4 Å². The summed E-state index contributed by atoms with van der Waals surface area (Å²) in [7, 11) is 0. The molecule has 1 aromatic heterocycles. The van der Waals surface area contributed by atoms with Gasteiger partial charge >= 0.3 is 0 Å². The molecule has 1 unspecified atom stereocenters. The van der Waals surface area contributed by atoms with Crippen molar-refractivity contribution in [2.24, 2.45) is 10.9 Å². The van der Waals surface area contributed by atoms with Gasteiger partial charge in [0.25, 0.3) is 5.91 Å². The van der Waals surface area contributed by atoms with E-state index in [1.54, 1.807) is 6.20 Å². The van der Waals surface area contributed by atoms with Gasteiger partial charge in [-0.3, -0.25) is 9.79 Å². The van der Waals surface area contributed by atoms with E-state index in [1.165, 1.54) is 5.56 Å². The number of ether oxygens (including phenoxy) is 1. The zero-order valence-corrected chi connectivity index (χ0v) is 19.6. The summed E-state index contributed by atoms with van der Waals surface area (Å²) >= 11 is 0. The van der Waals surface area contributed by atoms with Gasteiger partial charge in [-0.15, -0.1) is 0 Å². The summed E-state index contributed by atoms with van der Waals surface area (Å²) in [6, 6.07) is 23.6. The van der Waals surface area contributed by atoms with Crippen LogP contribution in [0.2, 0.25) is 0 Å². The molecule has 3 heterocycles. The lowest BCUT2D eigenvalue weighted by atomic mass is 9.89. The van der Waals surface area contributed by atoms with Crippen LogP contribution in [0.15, 0.2) is 84.0 Å². The Hall–Kier alpha value is -4.52. The topological polar surface area (TPSA) is 102 Å². The number of benzene rings is 3. The molecule has 0 aliphatic carbocycles. The summed E-state index contributed by atoms with van der Waals surface area (Å²) < 4.78 is 6.07. The molecule has 6 rings (SSSR count).